The molecule has 44 heavy (non-hydrogen) atoms. The van der Waals surface area contributed by atoms with Gasteiger partial charge in [-0.2, -0.15) is 4.98 Å². The number of hydrogen-bond acceptors (Lipinski definition) is 10. The summed E-state index contributed by atoms with van der Waals surface area (Å²) < 4.78 is 22.3. The van der Waals surface area contributed by atoms with E-state index in [9.17, 15) is 4.79 Å². The highest BCUT2D eigenvalue weighted by Gasteiger charge is 2.32. The highest BCUT2D eigenvalue weighted by Crippen LogP contribution is 2.35. The van der Waals surface area contributed by atoms with Gasteiger partial charge in [-0.3, -0.25) is 0 Å². The first-order valence-electron chi connectivity index (χ1n) is 14.5. The molecule has 10 heteroatoms. The van der Waals surface area contributed by atoms with Gasteiger partial charge in [0.1, 0.15) is 24.2 Å². The van der Waals surface area contributed by atoms with Gasteiger partial charge in [0.15, 0.2) is 5.75 Å². The van der Waals surface area contributed by atoms with Crippen LogP contribution in [0.1, 0.15) is 59.6 Å². The number of rotatable bonds is 9. The molecule has 3 heterocycles. The van der Waals surface area contributed by atoms with Crippen LogP contribution >= 0.6 is 0 Å². The molecule has 0 bridgehead atoms. The number of esters is 1. The monoisotopic (exact) mass is 589 g/mol. The Kier molecular flexibility index (Phi) is 6.96. The minimum atomic E-state index is -0.242. The van der Waals surface area contributed by atoms with Crippen molar-refractivity contribution >= 4 is 11.7 Å². The summed E-state index contributed by atoms with van der Waals surface area (Å²) in [5.74, 6) is 3.00. The topological polar surface area (TPSA) is 121 Å². The first kappa shape index (κ1) is 27.6. The minimum Gasteiger partial charge on any atom is -0.490 e. The van der Waals surface area contributed by atoms with E-state index >= 15 is 0 Å². The van der Waals surface area contributed by atoms with Crippen LogP contribution in [0.2, 0.25) is 0 Å². The lowest BCUT2D eigenvalue weighted by Gasteiger charge is -2.36. The van der Waals surface area contributed by atoms with Crippen LogP contribution in [-0.2, 0) is 16.8 Å². The lowest BCUT2D eigenvalue weighted by atomic mass is 9.78. The van der Waals surface area contributed by atoms with Crippen LogP contribution < -0.4 is 14.8 Å². The van der Waals surface area contributed by atoms with E-state index in [1.54, 1.807) is 19.3 Å². The van der Waals surface area contributed by atoms with Crippen LogP contribution in [0.3, 0.4) is 0 Å². The predicted molar refractivity (Wildman–Crippen MR) is 162 cm³/mol. The molecule has 2 aliphatic rings. The highest BCUT2D eigenvalue weighted by molar-refractivity contribution is 5.93. The van der Waals surface area contributed by atoms with Gasteiger partial charge in [0.25, 0.3) is 0 Å². The number of hydrogen-bond donors (Lipinski definition) is 1. The predicted octanol–water partition coefficient (Wildman–Crippen LogP) is 6.65. The van der Waals surface area contributed by atoms with Crippen molar-refractivity contribution in [3.05, 3.63) is 107 Å². The number of cyclic esters (lactones) is 1. The average molecular weight is 590 g/mol. The quantitative estimate of drug-likeness (QED) is 0.187. The number of fused-ring (bicyclic) bond motifs is 1. The molecule has 1 aliphatic heterocycles. The third-order valence-corrected chi connectivity index (χ3v) is 8.20. The van der Waals surface area contributed by atoms with E-state index in [1.807, 2.05) is 42.5 Å². The zero-order valence-corrected chi connectivity index (χ0v) is 24.6. The number of carbonyl (C=O) groups excluding carboxylic acids is 1. The minimum absolute atomic E-state index is 0.169. The van der Waals surface area contributed by atoms with Gasteiger partial charge in [-0.15, -0.1) is 0 Å². The van der Waals surface area contributed by atoms with Gasteiger partial charge in [0, 0.05) is 42.5 Å². The molecule has 222 valence electrons. The third kappa shape index (κ3) is 5.58. The normalized spacial score (nSPS) is 17.4. The maximum Gasteiger partial charge on any atom is 0.338 e. The molecule has 1 fully saturated rings. The number of nitrogens with zero attached hydrogens (tertiary/aromatic N) is 4. The van der Waals surface area contributed by atoms with Gasteiger partial charge in [-0.25, -0.2) is 14.8 Å². The molecule has 0 saturated heterocycles. The summed E-state index contributed by atoms with van der Waals surface area (Å²) in [6.45, 7) is 6.47. The van der Waals surface area contributed by atoms with Gasteiger partial charge in [-0.05, 0) is 53.6 Å². The van der Waals surface area contributed by atoms with Gasteiger partial charge in [0.2, 0.25) is 17.5 Å². The number of carbonyl (C=O) groups is 1. The number of benzene rings is 3. The number of nitrogens with one attached hydrogen (secondary N) is 1. The molecular formula is C34H31N5O5. The molecule has 1 saturated carbocycles. The van der Waals surface area contributed by atoms with Crippen molar-refractivity contribution in [2.75, 3.05) is 5.32 Å². The van der Waals surface area contributed by atoms with Crippen LogP contribution in [-0.4, -0.2) is 38.2 Å². The Bertz CT molecular complexity index is 1790. The Morgan fingerprint density at radius 1 is 0.864 bits per heavy atom. The van der Waals surface area contributed by atoms with E-state index in [-0.39, 0.29) is 17.5 Å². The van der Waals surface area contributed by atoms with Crippen molar-refractivity contribution in [3.63, 3.8) is 0 Å². The van der Waals surface area contributed by atoms with Crippen molar-refractivity contribution in [1.82, 2.24) is 20.1 Å². The number of ether oxygens (including phenoxy) is 3. The number of anilines is 1. The van der Waals surface area contributed by atoms with Gasteiger partial charge < -0.3 is 24.1 Å². The van der Waals surface area contributed by atoms with Crippen LogP contribution in [0, 0.1) is 6.92 Å². The fraction of sp³-hybridized carbons (Fsp3) is 0.265. The Morgan fingerprint density at radius 3 is 2.20 bits per heavy atom. The molecule has 1 aliphatic carbocycles. The van der Waals surface area contributed by atoms with E-state index in [2.05, 4.69) is 63.5 Å². The summed E-state index contributed by atoms with van der Waals surface area (Å²) in [4.78, 5) is 24.4. The van der Waals surface area contributed by atoms with Gasteiger partial charge in [0.05, 0.1) is 18.0 Å². The van der Waals surface area contributed by atoms with Crippen LogP contribution in [0.5, 0.6) is 17.2 Å². The average Bonchev–Trinajstić information content (AvgIpc) is 3.62. The van der Waals surface area contributed by atoms with Crippen LogP contribution in [0.25, 0.3) is 11.6 Å². The number of aromatic nitrogens is 4. The van der Waals surface area contributed by atoms with Crippen molar-refractivity contribution in [2.45, 2.75) is 57.8 Å². The number of aryl methyl sites for hydroxylation is 1. The summed E-state index contributed by atoms with van der Waals surface area (Å²) in [7, 11) is 0. The second-order valence-electron chi connectivity index (χ2n) is 11.7. The molecule has 0 unspecified atom stereocenters. The Labute approximate surface area is 254 Å². The molecule has 0 atom stereocenters. The fourth-order valence-electron chi connectivity index (χ4n) is 5.50. The molecule has 0 amide bonds. The highest BCUT2D eigenvalue weighted by atomic mass is 16.5. The van der Waals surface area contributed by atoms with Crippen molar-refractivity contribution in [1.29, 1.82) is 0 Å². The summed E-state index contributed by atoms with van der Waals surface area (Å²) in [6.07, 6.45) is 5.18. The first-order chi connectivity index (χ1) is 21.3. The molecular weight excluding hydrogens is 558 g/mol. The molecule has 0 spiro atoms. The van der Waals surface area contributed by atoms with E-state index in [4.69, 9.17) is 18.7 Å². The molecule has 7 rings (SSSR count). The van der Waals surface area contributed by atoms with Crippen LogP contribution in [0.4, 0.5) is 5.69 Å². The molecule has 10 nitrogen and oxygen atoms in total. The smallest absolute Gasteiger partial charge is 0.338 e. The second-order valence-corrected chi connectivity index (χ2v) is 11.7. The van der Waals surface area contributed by atoms with Crippen molar-refractivity contribution in [3.8, 4) is 28.9 Å². The van der Waals surface area contributed by atoms with Gasteiger partial charge in [-0.1, -0.05) is 43.3 Å². The van der Waals surface area contributed by atoms with E-state index in [0.717, 1.165) is 35.4 Å². The zero-order chi connectivity index (χ0) is 30.3. The molecule has 3 aromatic carbocycles. The summed E-state index contributed by atoms with van der Waals surface area (Å²) in [6, 6.07) is 22.5. The summed E-state index contributed by atoms with van der Waals surface area (Å²) in [5, 5.41) is 7.38. The van der Waals surface area contributed by atoms with E-state index < -0.39 is 0 Å². The molecule has 2 aromatic heterocycles. The second kappa shape index (κ2) is 11.1. The molecule has 5 aromatic rings. The zero-order valence-electron chi connectivity index (χ0n) is 24.6. The van der Waals surface area contributed by atoms with Crippen molar-refractivity contribution in [2.24, 2.45) is 0 Å². The maximum atomic E-state index is 11.7. The van der Waals surface area contributed by atoms with Gasteiger partial charge >= 0.3 is 5.97 Å². The fourth-order valence-corrected chi connectivity index (χ4v) is 5.50. The summed E-state index contributed by atoms with van der Waals surface area (Å²) in [5.41, 5.74) is 4.74. The SMILES string of the molecule is Cc1nc(-c2ncc(Oc3ccc(C(C)(C)c4ccc(O[C@H]5C[C@H](Nc6ccc7c(c6)COC7=O)C5)cc4)cc3)cn2)no1. The summed E-state index contributed by atoms with van der Waals surface area (Å²) >= 11 is 0. The Hall–Kier alpha value is -5.25. The molecule has 0 radical (unpaired) electrons. The Morgan fingerprint density at radius 2 is 1.55 bits per heavy atom. The van der Waals surface area contributed by atoms with Crippen molar-refractivity contribution < 1.29 is 23.5 Å². The van der Waals surface area contributed by atoms with Crippen LogP contribution in [0.15, 0.2) is 83.6 Å². The van der Waals surface area contributed by atoms with E-state index in [0.29, 0.717) is 47.3 Å². The lowest BCUT2D eigenvalue weighted by molar-refractivity contribution is 0.0535. The standard InChI is InChI=1S/C34H31N5O5/c1-20-37-32(39-44-20)31-35-17-29(18-36-31)43-27-11-6-23(7-12-27)34(2,3)22-4-9-26(10-5-22)42-28-15-25(16-28)38-24-8-13-30-21(14-24)19-41-33(30)40/h4-14,17-18,25,28,38H,15-16,19H2,1-3H3/t25-,28-. The Balaban J connectivity index is 0.918. The lowest BCUT2D eigenvalue weighted by Crippen LogP contribution is -2.42. The largest absolute Gasteiger partial charge is 0.490 e. The van der Waals surface area contributed by atoms with E-state index in [1.165, 1.54) is 5.56 Å². The maximum absolute atomic E-state index is 11.7. The molecule has 1 N–H and O–H groups in total. The third-order valence-electron chi connectivity index (χ3n) is 8.20. The first-order valence-corrected chi connectivity index (χ1v) is 14.5.